The highest BCUT2D eigenvalue weighted by Gasteiger charge is 2.19. The lowest BCUT2D eigenvalue weighted by Gasteiger charge is -2.18. The first kappa shape index (κ1) is 58.4. The molecular formula is C54H104O6. The van der Waals surface area contributed by atoms with Gasteiger partial charge in [-0.25, -0.2) is 0 Å². The average molecular weight is 849 g/mol. The summed E-state index contributed by atoms with van der Waals surface area (Å²) in [6.07, 6.45) is 48.0. The van der Waals surface area contributed by atoms with E-state index in [9.17, 15) is 14.4 Å². The fourth-order valence-corrected chi connectivity index (χ4v) is 8.13. The van der Waals surface area contributed by atoms with Gasteiger partial charge in [0.1, 0.15) is 13.2 Å². The van der Waals surface area contributed by atoms with Crippen LogP contribution in [-0.4, -0.2) is 37.2 Å². The van der Waals surface area contributed by atoms with Crippen LogP contribution in [-0.2, 0) is 28.6 Å². The van der Waals surface area contributed by atoms with Crippen molar-refractivity contribution >= 4 is 17.9 Å². The summed E-state index contributed by atoms with van der Waals surface area (Å²) in [4.78, 5) is 38.0. The van der Waals surface area contributed by atoms with Gasteiger partial charge in [0.15, 0.2) is 6.10 Å². The minimum absolute atomic E-state index is 0.0636. The lowest BCUT2D eigenvalue weighted by atomic mass is 9.99. The van der Waals surface area contributed by atoms with E-state index in [2.05, 4.69) is 34.6 Å². The molecule has 2 atom stereocenters. The van der Waals surface area contributed by atoms with Crippen molar-refractivity contribution in [3.63, 3.8) is 0 Å². The van der Waals surface area contributed by atoms with Crippen molar-refractivity contribution in [2.75, 3.05) is 13.2 Å². The highest BCUT2D eigenvalue weighted by Crippen LogP contribution is 2.18. The summed E-state index contributed by atoms with van der Waals surface area (Å²) in [6.45, 7) is 11.4. The molecule has 0 heterocycles. The van der Waals surface area contributed by atoms with Gasteiger partial charge in [-0.2, -0.15) is 0 Å². The maximum absolute atomic E-state index is 12.8. The van der Waals surface area contributed by atoms with Crippen molar-refractivity contribution in [2.24, 2.45) is 11.8 Å². The van der Waals surface area contributed by atoms with Crippen LogP contribution in [0.3, 0.4) is 0 Å². The van der Waals surface area contributed by atoms with E-state index in [1.165, 1.54) is 186 Å². The molecule has 0 aliphatic carbocycles. The van der Waals surface area contributed by atoms with Crippen LogP contribution in [0.25, 0.3) is 0 Å². The lowest BCUT2D eigenvalue weighted by molar-refractivity contribution is -0.167. The number of rotatable bonds is 48. The van der Waals surface area contributed by atoms with Crippen molar-refractivity contribution in [1.29, 1.82) is 0 Å². The Labute approximate surface area is 374 Å². The van der Waals surface area contributed by atoms with E-state index in [4.69, 9.17) is 14.2 Å². The van der Waals surface area contributed by atoms with Crippen molar-refractivity contribution < 1.29 is 28.6 Å². The first-order valence-corrected chi connectivity index (χ1v) is 26.8. The van der Waals surface area contributed by atoms with E-state index in [0.717, 1.165) is 69.6 Å². The van der Waals surface area contributed by atoms with Gasteiger partial charge in [-0.05, 0) is 31.1 Å². The minimum atomic E-state index is -0.762. The van der Waals surface area contributed by atoms with Crippen LogP contribution in [0.4, 0.5) is 0 Å². The zero-order chi connectivity index (χ0) is 44.0. The zero-order valence-electron chi connectivity index (χ0n) is 41.1. The maximum atomic E-state index is 12.8. The number of esters is 3. The quantitative estimate of drug-likeness (QED) is 0.0345. The predicted molar refractivity (Wildman–Crippen MR) is 256 cm³/mol. The van der Waals surface area contributed by atoms with Gasteiger partial charge in [0.2, 0.25) is 0 Å². The van der Waals surface area contributed by atoms with Crippen LogP contribution in [0.15, 0.2) is 0 Å². The molecule has 0 aromatic carbocycles. The maximum Gasteiger partial charge on any atom is 0.306 e. The Bertz CT molecular complexity index is 918. The highest BCUT2D eigenvalue weighted by atomic mass is 16.6. The van der Waals surface area contributed by atoms with E-state index in [1.54, 1.807) is 0 Å². The van der Waals surface area contributed by atoms with Crippen molar-refractivity contribution in [2.45, 2.75) is 304 Å². The second kappa shape index (κ2) is 46.9. The third-order valence-electron chi connectivity index (χ3n) is 12.6. The van der Waals surface area contributed by atoms with E-state index >= 15 is 0 Å². The molecule has 0 rings (SSSR count). The number of unbranched alkanes of at least 4 members (excludes halogenated alkanes) is 32. The Hall–Kier alpha value is -1.59. The fraction of sp³-hybridized carbons (Fsp3) is 0.944. The summed E-state index contributed by atoms with van der Waals surface area (Å²) >= 11 is 0. The summed E-state index contributed by atoms with van der Waals surface area (Å²) in [6, 6.07) is 0. The summed E-state index contributed by atoms with van der Waals surface area (Å²) in [7, 11) is 0. The number of carbonyl (C=O) groups is 3. The molecule has 0 N–H and O–H groups in total. The Morgan fingerprint density at radius 3 is 0.950 bits per heavy atom. The first-order valence-electron chi connectivity index (χ1n) is 26.8. The number of hydrogen-bond donors (Lipinski definition) is 0. The Balaban J connectivity index is 4.29. The largest absolute Gasteiger partial charge is 0.462 e. The molecule has 0 aliphatic rings. The van der Waals surface area contributed by atoms with E-state index in [0.29, 0.717) is 19.3 Å². The molecule has 6 heteroatoms. The normalized spacial score (nSPS) is 12.5. The smallest absolute Gasteiger partial charge is 0.306 e. The first-order chi connectivity index (χ1) is 29.3. The van der Waals surface area contributed by atoms with Crippen LogP contribution < -0.4 is 0 Å². The van der Waals surface area contributed by atoms with Gasteiger partial charge in [0, 0.05) is 19.3 Å². The Kier molecular flexibility index (Phi) is 45.7. The molecule has 1 unspecified atom stereocenters. The standard InChI is InChI=1S/C54H104O6/c1-6-8-9-10-11-12-13-16-20-23-29-34-39-44-52(55)58-47-51(48-59-53(56)45-40-35-30-26-25-27-32-37-42-49(3)4)60-54(57)46-41-36-31-24-21-18-15-14-17-19-22-28-33-38-43-50(5)7-2/h49-51H,6-48H2,1-5H3/t50?,51-/m0/s1. The molecule has 0 spiro atoms. The van der Waals surface area contributed by atoms with E-state index in [-0.39, 0.29) is 31.1 Å². The molecule has 0 aromatic rings. The van der Waals surface area contributed by atoms with Gasteiger partial charge < -0.3 is 14.2 Å². The third kappa shape index (κ3) is 45.9. The zero-order valence-corrected chi connectivity index (χ0v) is 41.1. The van der Waals surface area contributed by atoms with E-state index < -0.39 is 6.10 Å². The molecule has 0 amide bonds. The molecule has 0 aliphatic heterocycles. The number of ether oxygens (including phenoxy) is 3. The highest BCUT2D eigenvalue weighted by molar-refractivity contribution is 5.71. The molecule has 0 radical (unpaired) electrons. The second-order valence-corrected chi connectivity index (χ2v) is 19.2. The molecule has 60 heavy (non-hydrogen) atoms. The molecule has 0 fully saturated rings. The molecule has 0 bridgehead atoms. The number of hydrogen-bond acceptors (Lipinski definition) is 6. The van der Waals surface area contributed by atoms with Crippen LogP contribution >= 0.6 is 0 Å². The Morgan fingerprint density at radius 1 is 0.350 bits per heavy atom. The molecule has 0 aromatic heterocycles. The number of carbonyl (C=O) groups excluding carboxylic acids is 3. The van der Waals surface area contributed by atoms with Crippen LogP contribution in [0.5, 0.6) is 0 Å². The molecular weight excluding hydrogens is 745 g/mol. The van der Waals surface area contributed by atoms with Crippen LogP contribution in [0.1, 0.15) is 298 Å². The second-order valence-electron chi connectivity index (χ2n) is 19.2. The monoisotopic (exact) mass is 849 g/mol. The van der Waals surface area contributed by atoms with Crippen molar-refractivity contribution in [3.8, 4) is 0 Å². The fourth-order valence-electron chi connectivity index (χ4n) is 8.13. The van der Waals surface area contributed by atoms with Crippen LogP contribution in [0.2, 0.25) is 0 Å². The lowest BCUT2D eigenvalue weighted by Crippen LogP contribution is -2.30. The van der Waals surface area contributed by atoms with Gasteiger partial charge in [-0.15, -0.1) is 0 Å². The molecule has 0 saturated heterocycles. The summed E-state index contributed by atoms with van der Waals surface area (Å²) in [5.74, 6) is 0.844. The van der Waals surface area contributed by atoms with Gasteiger partial charge in [-0.3, -0.25) is 14.4 Å². The summed E-state index contributed by atoms with van der Waals surface area (Å²) in [5, 5.41) is 0. The SMILES string of the molecule is CCCCCCCCCCCCCCCC(=O)OC[C@@H](COC(=O)CCCCCCCCCCC(C)C)OC(=O)CCCCCCCCCCCCCCCCC(C)CC. The van der Waals surface area contributed by atoms with Gasteiger partial charge in [0.05, 0.1) is 0 Å². The summed E-state index contributed by atoms with van der Waals surface area (Å²) in [5.41, 5.74) is 0. The van der Waals surface area contributed by atoms with Crippen molar-refractivity contribution in [3.05, 3.63) is 0 Å². The van der Waals surface area contributed by atoms with Crippen molar-refractivity contribution in [1.82, 2.24) is 0 Å². The topological polar surface area (TPSA) is 78.9 Å². The van der Waals surface area contributed by atoms with Gasteiger partial charge in [-0.1, -0.05) is 259 Å². The van der Waals surface area contributed by atoms with Crippen LogP contribution in [0, 0.1) is 11.8 Å². The molecule has 356 valence electrons. The third-order valence-corrected chi connectivity index (χ3v) is 12.6. The Morgan fingerprint density at radius 2 is 0.633 bits per heavy atom. The molecule has 6 nitrogen and oxygen atoms in total. The van der Waals surface area contributed by atoms with Gasteiger partial charge >= 0.3 is 17.9 Å². The summed E-state index contributed by atoms with van der Waals surface area (Å²) < 4.78 is 16.8. The predicted octanol–water partition coefficient (Wildman–Crippen LogP) is 17.3. The van der Waals surface area contributed by atoms with E-state index in [1.807, 2.05) is 0 Å². The minimum Gasteiger partial charge on any atom is -0.462 e. The van der Waals surface area contributed by atoms with Gasteiger partial charge in [0.25, 0.3) is 0 Å². The molecule has 0 saturated carbocycles. The average Bonchev–Trinajstić information content (AvgIpc) is 3.23.